The molecule has 1 atom stereocenters. The van der Waals surface area contributed by atoms with E-state index in [2.05, 4.69) is 10.1 Å². The number of nitrogen functional groups attached to an aromatic ring is 1. The van der Waals surface area contributed by atoms with Crippen molar-refractivity contribution in [1.29, 1.82) is 0 Å². The first-order valence-corrected chi connectivity index (χ1v) is 6.73. The fourth-order valence-electron chi connectivity index (χ4n) is 2.02. The number of hydrogen-bond donors (Lipinski definition) is 1. The Morgan fingerprint density at radius 3 is 2.95 bits per heavy atom. The van der Waals surface area contributed by atoms with Gasteiger partial charge in [-0.3, -0.25) is 0 Å². The van der Waals surface area contributed by atoms with Crippen LogP contribution in [0.15, 0.2) is 16.7 Å². The summed E-state index contributed by atoms with van der Waals surface area (Å²) in [5.74, 6) is 1.23. The molecule has 0 spiro atoms. The number of anilines is 1. The first-order chi connectivity index (χ1) is 10.2. The molecule has 0 amide bonds. The highest BCUT2D eigenvalue weighted by Crippen LogP contribution is 2.35. The van der Waals surface area contributed by atoms with Crippen LogP contribution in [-0.2, 0) is 9.47 Å². The number of hydrogen-bond acceptors (Lipinski definition) is 7. The van der Waals surface area contributed by atoms with Crippen LogP contribution in [0.4, 0.5) is 5.69 Å². The fourth-order valence-corrected chi connectivity index (χ4v) is 2.18. The largest absolute Gasteiger partial charge is 0.496 e. The molecule has 112 valence electrons. The summed E-state index contributed by atoms with van der Waals surface area (Å²) < 4.78 is 21.4. The summed E-state index contributed by atoms with van der Waals surface area (Å²) in [6.45, 7) is 1.48. The van der Waals surface area contributed by atoms with E-state index in [1.165, 1.54) is 7.11 Å². The van der Waals surface area contributed by atoms with Crippen molar-refractivity contribution in [2.24, 2.45) is 0 Å². The Kier molecular flexibility index (Phi) is 3.96. The average Bonchev–Trinajstić information content (AvgIpc) is 3.00. The quantitative estimate of drug-likeness (QED) is 0.867. The topological polar surface area (TPSA) is 92.6 Å². The van der Waals surface area contributed by atoms with Gasteiger partial charge in [0.2, 0.25) is 5.82 Å². The Morgan fingerprint density at radius 2 is 2.24 bits per heavy atom. The van der Waals surface area contributed by atoms with Gasteiger partial charge in [0.15, 0.2) is 0 Å². The van der Waals surface area contributed by atoms with Crippen LogP contribution in [0, 0.1) is 0 Å². The van der Waals surface area contributed by atoms with Gasteiger partial charge in [-0.2, -0.15) is 4.98 Å². The Hall–Kier alpha value is -1.83. The molecule has 1 unspecified atom stereocenters. The molecule has 0 saturated carbocycles. The van der Waals surface area contributed by atoms with Crippen molar-refractivity contribution in [1.82, 2.24) is 10.1 Å². The lowest BCUT2D eigenvalue weighted by atomic mass is 10.2. The summed E-state index contributed by atoms with van der Waals surface area (Å²) in [4.78, 5) is 4.32. The third-order valence-electron chi connectivity index (χ3n) is 3.09. The monoisotopic (exact) mass is 311 g/mol. The van der Waals surface area contributed by atoms with Crippen LogP contribution in [0.1, 0.15) is 11.9 Å². The Balaban J connectivity index is 1.94. The first-order valence-electron chi connectivity index (χ1n) is 6.35. The predicted molar refractivity (Wildman–Crippen MR) is 75.2 cm³/mol. The van der Waals surface area contributed by atoms with Gasteiger partial charge in [0.25, 0.3) is 5.89 Å². The maximum Gasteiger partial charge on any atom is 0.261 e. The van der Waals surface area contributed by atoms with Crippen LogP contribution in [0.3, 0.4) is 0 Å². The van der Waals surface area contributed by atoms with E-state index in [0.717, 1.165) is 0 Å². The molecule has 1 aromatic heterocycles. The number of benzene rings is 1. The molecule has 2 heterocycles. The smallest absolute Gasteiger partial charge is 0.261 e. The third-order valence-corrected chi connectivity index (χ3v) is 3.42. The molecule has 0 radical (unpaired) electrons. The summed E-state index contributed by atoms with van der Waals surface area (Å²) in [7, 11) is 1.53. The van der Waals surface area contributed by atoms with Gasteiger partial charge >= 0.3 is 0 Å². The molecule has 2 N–H and O–H groups in total. The van der Waals surface area contributed by atoms with Crippen molar-refractivity contribution >= 4 is 17.3 Å². The van der Waals surface area contributed by atoms with Crippen LogP contribution in [0.25, 0.3) is 11.5 Å². The lowest BCUT2D eigenvalue weighted by Crippen LogP contribution is -2.22. The molecule has 7 nitrogen and oxygen atoms in total. The normalized spacial score (nSPS) is 18.7. The van der Waals surface area contributed by atoms with Gasteiger partial charge in [-0.1, -0.05) is 16.8 Å². The molecular formula is C13H14ClN3O4. The van der Waals surface area contributed by atoms with E-state index in [0.29, 0.717) is 47.7 Å². The number of nitrogens with two attached hydrogens (primary N) is 1. The number of halogens is 1. The second kappa shape index (κ2) is 5.88. The predicted octanol–water partition coefficient (Wildman–Crippen LogP) is 2.07. The van der Waals surface area contributed by atoms with Gasteiger partial charge in [0.05, 0.1) is 43.2 Å². The highest BCUT2D eigenvalue weighted by atomic mass is 35.5. The third kappa shape index (κ3) is 2.80. The molecule has 1 aliphatic rings. The average molecular weight is 312 g/mol. The Bertz CT molecular complexity index is 640. The second-order valence-corrected chi connectivity index (χ2v) is 4.87. The molecule has 1 aromatic carbocycles. The summed E-state index contributed by atoms with van der Waals surface area (Å²) >= 11 is 6.03. The van der Waals surface area contributed by atoms with Crippen molar-refractivity contribution in [3.8, 4) is 17.2 Å². The van der Waals surface area contributed by atoms with Gasteiger partial charge in [0, 0.05) is 6.07 Å². The Labute approximate surface area is 125 Å². The van der Waals surface area contributed by atoms with Crippen molar-refractivity contribution in [3.05, 3.63) is 23.0 Å². The molecule has 1 saturated heterocycles. The molecule has 1 fully saturated rings. The molecule has 8 heteroatoms. The first kappa shape index (κ1) is 14.1. The molecule has 1 aliphatic heterocycles. The minimum atomic E-state index is -0.327. The van der Waals surface area contributed by atoms with Gasteiger partial charge in [-0.25, -0.2) is 0 Å². The minimum Gasteiger partial charge on any atom is -0.496 e. The minimum absolute atomic E-state index is 0.290. The lowest BCUT2D eigenvalue weighted by Gasteiger charge is -2.19. The molecule has 2 aromatic rings. The lowest BCUT2D eigenvalue weighted by molar-refractivity contribution is -0.0941. The molecule has 0 aliphatic carbocycles. The van der Waals surface area contributed by atoms with E-state index in [4.69, 9.17) is 36.1 Å². The number of ether oxygens (including phenoxy) is 3. The maximum absolute atomic E-state index is 6.03. The summed E-state index contributed by atoms with van der Waals surface area (Å²) in [6, 6.07) is 3.24. The molecular weight excluding hydrogens is 298 g/mol. The summed E-state index contributed by atoms with van der Waals surface area (Å²) in [5, 5.41) is 4.31. The molecule has 0 bridgehead atoms. The van der Waals surface area contributed by atoms with Crippen molar-refractivity contribution < 1.29 is 18.7 Å². The van der Waals surface area contributed by atoms with Crippen molar-refractivity contribution in [2.45, 2.75) is 6.10 Å². The number of methoxy groups -OCH3 is 1. The van der Waals surface area contributed by atoms with E-state index in [-0.39, 0.29) is 12.0 Å². The maximum atomic E-state index is 6.03. The van der Waals surface area contributed by atoms with Gasteiger partial charge < -0.3 is 24.5 Å². The zero-order valence-electron chi connectivity index (χ0n) is 11.3. The Morgan fingerprint density at radius 1 is 1.38 bits per heavy atom. The second-order valence-electron chi connectivity index (χ2n) is 4.47. The highest BCUT2D eigenvalue weighted by Gasteiger charge is 2.24. The van der Waals surface area contributed by atoms with Gasteiger partial charge in [-0.15, -0.1) is 0 Å². The summed E-state index contributed by atoms with van der Waals surface area (Å²) in [6.07, 6.45) is -0.327. The summed E-state index contributed by atoms with van der Waals surface area (Å²) in [5.41, 5.74) is 6.74. The van der Waals surface area contributed by atoms with E-state index < -0.39 is 0 Å². The van der Waals surface area contributed by atoms with E-state index in [1.54, 1.807) is 12.1 Å². The zero-order valence-corrected chi connectivity index (χ0v) is 12.1. The number of aromatic nitrogens is 2. The standard InChI is InChI=1S/C13H14ClN3O4/c1-18-10-5-9(15)8(14)4-7(10)13-16-12(17-21-13)11-6-19-2-3-20-11/h4-5,11H,2-3,6,15H2,1H3. The van der Waals surface area contributed by atoms with Gasteiger partial charge in [-0.05, 0) is 6.07 Å². The molecule has 21 heavy (non-hydrogen) atoms. The van der Waals surface area contributed by atoms with Crippen molar-refractivity contribution in [3.63, 3.8) is 0 Å². The zero-order chi connectivity index (χ0) is 14.8. The highest BCUT2D eigenvalue weighted by molar-refractivity contribution is 6.33. The molecule has 3 rings (SSSR count). The van der Waals surface area contributed by atoms with Crippen molar-refractivity contribution in [2.75, 3.05) is 32.7 Å². The van der Waals surface area contributed by atoms with Crippen LogP contribution in [0.2, 0.25) is 5.02 Å². The van der Waals surface area contributed by atoms with E-state index in [1.807, 2.05) is 0 Å². The number of rotatable bonds is 3. The van der Waals surface area contributed by atoms with E-state index >= 15 is 0 Å². The van der Waals surface area contributed by atoms with Crippen LogP contribution < -0.4 is 10.5 Å². The fraction of sp³-hybridized carbons (Fsp3) is 0.385. The van der Waals surface area contributed by atoms with Gasteiger partial charge in [0.1, 0.15) is 11.9 Å². The van der Waals surface area contributed by atoms with Crippen LogP contribution >= 0.6 is 11.6 Å². The van der Waals surface area contributed by atoms with E-state index in [9.17, 15) is 0 Å². The van der Waals surface area contributed by atoms with Crippen LogP contribution in [-0.4, -0.2) is 37.1 Å². The SMILES string of the molecule is COc1cc(N)c(Cl)cc1-c1nc(C2COCCO2)no1. The van der Waals surface area contributed by atoms with Crippen LogP contribution in [0.5, 0.6) is 5.75 Å². The number of nitrogens with zero attached hydrogens (tertiary/aromatic N) is 2.